The minimum atomic E-state index is -0.481. The highest BCUT2D eigenvalue weighted by molar-refractivity contribution is 6.13. The van der Waals surface area contributed by atoms with Crippen LogP contribution in [-0.4, -0.2) is 29.2 Å². The number of carbonyl (C=O) groups is 1. The summed E-state index contributed by atoms with van der Waals surface area (Å²) in [5.74, 6) is 0.827. The number of nitrogen functional groups attached to an aromatic ring is 1. The number of rotatable bonds is 6. The maximum atomic E-state index is 12.7. The molecule has 3 N–H and O–H groups in total. The summed E-state index contributed by atoms with van der Waals surface area (Å²) in [4.78, 5) is 20.4. The molecular weight excluding hydrogens is 382 g/mol. The van der Waals surface area contributed by atoms with Crippen LogP contribution in [0.5, 0.6) is 11.5 Å². The van der Waals surface area contributed by atoms with Gasteiger partial charge in [-0.3, -0.25) is 0 Å². The third-order valence-corrected chi connectivity index (χ3v) is 4.66. The average molecular weight is 405 g/mol. The van der Waals surface area contributed by atoms with Crippen LogP contribution >= 0.6 is 0 Å². The van der Waals surface area contributed by atoms with E-state index < -0.39 is 5.97 Å². The van der Waals surface area contributed by atoms with Gasteiger partial charge >= 0.3 is 5.97 Å². The first-order valence-electron chi connectivity index (χ1n) is 9.63. The van der Waals surface area contributed by atoms with Crippen molar-refractivity contribution in [2.24, 2.45) is 0 Å². The van der Waals surface area contributed by atoms with Crippen LogP contribution in [0.2, 0.25) is 0 Å². The van der Waals surface area contributed by atoms with Gasteiger partial charge in [-0.15, -0.1) is 0 Å². The van der Waals surface area contributed by atoms with E-state index in [4.69, 9.17) is 19.9 Å². The van der Waals surface area contributed by atoms with Crippen molar-refractivity contribution >= 4 is 33.5 Å². The third kappa shape index (κ3) is 3.67. The molecule has 0 atom stereocenters. The number of hydrogen-bond acceptors (Lipinski definition) is 6. The van der Waals surface area contributed by atoms with Gasteiger partial charge < -0.3 is 24.9 Å². The summed E-state index contributed by atoms with van der Waals surface area (Å²) in [5, 5.41) is 1.67. The molecule has 7 nitrogen and oxygen atoms in total. The first-order valence-corrected chi connectivity index (χ1v) is 9.63. The second-order valence-electron chi connectivity index (χ2n) is 7.24. The lowest BCUT2D eigenvalue weighted by molar-refractivity contribution is 0.0366. The summed E-state index contributed by atoms with van der Waals surface area (Å²) in [7, 11) is 1.58. The van der Waals surface area contributed by atoms with Crippen LogP contribution in [-0.2, 0) is 16.1 Å². The number of esters is 1. The fraction of sp³-hybridized carbons (Fsp3) is 0.217. The van der Waals surface area contributed by atoms with Crippen molar-refractivity contribution in [2.75, 3.05) is 12.8 Å². The summed E-state index contributed by atoms with van der Waals surface area (Å²) in [6, 6.07) is 12.9. The van der Waals surface area contributed by atoms with Crippen LogP contribution in [0.25, 0.3) is 21.8 Å². The second kappa shape index (κ2) is 8.04. The molecule has 2 heterocycles. The number of nitrogens with zero attached hydrogens (tertiary/aromatic N) is 1. The maximum Gasteiger partial charge on any atom is 0.357 e. The molecule has 0 aliphatic carbocycles. The molecule has 4 rings (SSSR count). The molecule has 2 aromatic carbocycles. The number of methoxy groups -OCH3 is 1. The molecule has 0 amide bonds. The smallest absolute Gasteiger partial charge is 0.357 e. The summed E-state index contributed by atoms with van der Waals surface area (Å²) in [5.41, 5.74) is 8.98. The van der Waals surface area contributed by atoms with Crippen molar-refractivity contribution < 1.29 is 19.0 Å². The summed E-state index contributed by atoms with van der Waals surface area (Å²) < 4.78 is 17.0. The number of ether oxygens (including phenoxy) is 3. The fourth-order valence-electron chi connectivity index (χ4n) is 3.45. The van der Waals surface area contributed by atoms with E-state index in [9.17, 15) is 4.79 Å². The first kappa shape index (κ1) is 19.7. The molecular formula is C23H23N3O4. The van der Waals surface area contributed by atoms with Gasteiger partial charge in [-0.25, -0.2) is 9.78 Å². The molecule has 0 radical (unpaired) electrons. The normalized spacial score (nSPS) is 11.3. The van der Waals surface area contributed by atoms with Crippen LogP contribution < -0.4 is 10.5 Å². The van der Waals surface area contributed by atoms with Gasteiger partial charge in [0.25, 0.3) is 0 Å². The number of fused-ring (bicyclic) bond motifs is 3. The standard InChI is InChI=1S/C23H23N3O4/c1-13(2)29-23(27)22-16(12-28-3)20-18(11-25-22)26-17-5-4-6-19(21(17)20)30-15-9-7-14(24)8-10-15/h4-11,13,26H,12,24H2,1-3H3. The zero-order chi connectivity index (χ0) is 21.3. The Kier molecular flexibility index (Phi) is 5.29. The molecule has 0 saturated heterocycles. The summed E-state index contributed by atoms with van der Waals surface area (Å²) in [6.45, 7) is 3.81. The van der Waals surface area contributed by atoms with Gasteiger partial charge in [0, 0.05) is 23.7 Å². The van der Waals surface area contributed by atoms with Gasteiger partial charge in [0.15, 0.2) is 5.69 Å². The zero-order valence-corrected chi connectivity index (χ0v) is 17.1. The predicted octanol–water partition coefficient (Wildman–Crippen LogP) is 4.80. The number of pyridine rings is 1. The van der Waals surface area contributed by atoms with E-state index in [0.29, 0.717) is 22.7 Å². The largest absolute Gasteiger partial charge is 0.458 e. The van der Waals surface area contributed by atoms with Crippen molar-refractivity contribution in [3.05, 3.63) is 59.9 Å². The van der Waals surface area contributed by atoms with Crippen LogP contribution in [0, 0.1) is 0 Å². The quantitative estimate of drug-likeness (QED) is 0.353. The molecule has 0 fully saturated rings. The SMILES string of the molecule is COCc1c(C(=O)OC(C)C)ncc2[nH]c3cccc(Oc4ccc(N)cc4)c3c12. The van der Waals surface area contributed by atoms with Crippen LogP contribution in [0.4, 0.5) is 5.69 Å². The van der Waals surface area contributed by atoms with Gasteiger partial charge in [0.2, 0.25) is 0 Å². The number of benzene rings is 2. The van der Waals surface area contributed by atoms with Crippen LogP contribution in [0.3, 0.4) is 0 Å². The maximum absolute atomic E-state index is 12.7. The number of aromatic nitrogens is 2. The zero-order valence-electron chi connectivity index (χ0n) is 17.1. The molecule has 0 aliphatic heterocycles. The van der Waals surface area contributed by atoms with Crippen molar-refractivity contribution in [3.8, 4) is 11.5 Å². The molecule has 30 heavy (non-hydrogen) atoms. The van der Waals surface area contributed by atoms with Crippen LogP contribution in [0.1, 0.15) is 29.9 Å². The molecule has 0 spiro atoms. The molecule has 0 saturated carbocycles. The van der Waals surface area contributed by atoms with Gasteiger partial charge in [0.1, 0.15) is 11.5 Å². The van der Waals surface area contributed by atoms with E-state index in [-0.39, 0.29) is 18.4 Å². The summed E-state index contributed by atoms with van der Waals surface area (Å²) in [6.07, 6.45) is 1.39. The Morgan fingerprint density at radius 2 is 1.87 bits per heavy atom. The van der Waals surface area contributed by atoms with Crippen molar-refractivity contribution in [2.45, 2.75) is 26.6 Å². The number of anilines is 1. The third-order valence-electron chi connectivity index (χ3n) is 4.66. The average Bonchev–Trinajstić information content (AvgIpc) is 3.09. The van der Waals surface area contributed by atoms with Crippen molar-refractivity contribution in [1.82, 2.24) is 9.97 Å². The lowest BCUT2D eigenvalue weighted by atomic mass is 10.0. The predicted molar refractivity (Wildman–Crippen MR) is 116 cm³/mol. The summed E-state index contributed by atoms with van der Waals surface area (Å²) >= 11 is 0. The Balaban J connectivity index is 1.93. The number of hydrogen-bond donors (Lipinski definition) is 2. The number of aromatic amines is 1. The Morgan fingerprint density at radius 3 is 2.57 bits per heavy atom. The number of H-pyrrole nitrogens is 1. The first-order chi connectivity index (χ1) is 14.5. The Morgan fingerprint density at radius 1 is 1.10 bits per heavy atom. The Bertz CT molecular complexity index is 1210. The number of nitrogens with two attached hydrogens (primary N) is 1. The van der Waals surface area contributed by atoms with Gasteiger partial charge in [-0.2, -0.15) is 0 Å². The minimum absolute atomic E-state index is 0.204. The molecule has 2 aromatic heterocycles. The number of nitrogens with one attached hydrogen (secondary N) is 1. The molecule has 154 valence electrons. The number of carbonyl (C=O) groups excluding carboxylic acids is 1. The van der Waals surface area contributed by atoms with Crippen molar-refractivity contribution in [1.29, 1.82) is 0 Å². The highest BCUT2D eigenvalue weighted by atomic mass is 16.5. The van der Waals surface area contributed by atoms with E-state index >= 15 is 0 Å². The van der Waals surface area contributed by atoms with E-state index in [0.717, 1.165) is 21.8 Å². The van der Waals surface area contributed by atoms with Crippen molar-refractivity contribution in [3.63, 3.8) is 0 Å². The highest BCUT2D eigenvalue weighted by Crippen LogP contribution is 2.38. The Hall–Kier alpha value is -3.58. The topological polar surface area (TPSA) is 99.5 Å². The van der Waals surface area contributed by atoms with Gasteiger partial charge in [-0.05, 0) is 50.2 Å². The van der Waals surface area contributed by atoms with E-state index in [1.165, 1.54) is 0 Å². The van der Waals surface area contributed by atoms with E-state index in [2.05, 4.69) is 9.97 Å². The monoisotopic (exact) mass is 405 g/mol. The van der Waals surface area contributed by atoms with E-state index in [1.54, 1.807) is 39.3 Å². The van der Waals surface area contributed by atoms with Gasteiger partial charge in [0.05, 0.1) is 35.3 Å². The second-order valence-corrected chi connectivity index (χ2v) is 7.24. The highest BCUT2D eigenvalue weighted by Gasteiger charge is 2.22. The molecule has 0 aliphatic rings. The minimum Gasteiger partial charge on any atom is -0.458 e. The lowest BCUT2D eigenvalue weighted by Crippen LogP contribution is -2.15. The van der Waals surface area contributed by atoms with E-state index in [1.807, 2.05) is 30.3 Å². The fourth-order valence-corrected chi connectivity index (χ4v) is 3.45. The Labute approximate surface area is 173 Å². The van der Waals surface area contributed by atoms with Gasteiger partial charge in [-0.1, -0.05) is 6.07 Å². The van der Waals surface area contributed by atoms with Crippen LogP contribution in [0.15, 0.2) is 48.7 Å². The molecule has 4 aromatic rings. The lowest BCUT2D eigenvalue weighted by Gasteiger charge is -2.13. The molecule has 0 bridgehead atoms. The molecule has 0 unspecified atom stereocenters. The molecule has 7 heteroatoms.